The SMILES string of the molecule is CC[NH+](CC)CC.COC(=O)/C=C\C(=O)[O-]. The van der Waals surface area contributed by atoms with Gasteiger partial charge in [-0.3, -0.25) is 0 Å². The third kappa shape index (κ3) is 12.6. The van der Waals surface area contributed by atoms with Crippen molar-refractivity contribution in [3.05, 3.63) is 12.2 Å². The van der Waals surface area contributed by atoms with Crippen LogP contribution in [-0.4, -0.2) is 38.7 Å². The van der Waals surface area contributed by atoms with Gasteiger partial charge < -0.3 is 19.5 Å². The van der Waals surface area contributed by atoms with E-state index < -0.39 is 11.9 Å². The molecule has 0 spiro atoms. The van der Waals surface area contributed by atoms with Crippen LogP contribution in [0.1, 0.15) is 20.8 Å². The number of nitrogens with one attached hydrogen (secondary N) is 1. The fraction of sp³-hybridized carbons (Fsp3) is 0.636. The van der Waals surface area contributed by atoms with Crippen molar-refractivity contribution in [3.63, 3.8) is 0 Å². The fourth-order valence-electron chi connectivity index (χ4n) is 0.954. The normalized spacial score (nSPS) is 9.81. The Kier molecular flexibility index (Phi) is 12.5. The Bertz CT molecular complexity index is 217. The maximum Gasteiger partial charge on any atom is 0.330 e. The average molecular weight is 231 g/mol. The zero-order chi connectivity index (χ0) is 13.0. The molecular weight excluding hydrogens is 210 g/mol. The van der Waals surface area contributed by atoms with Gasteiger partial charge in [-0.1, -0.05) is 0 Å². The summed E-state index contributed by atoms with van der Waals surface area (Å²) in [5.74, 6) is -2.13. The third-order valence-corrected chi connectivity index (χ3v) is 2.06. The number of hydrogen-bond acceptors (Lipinski definition) is 4. The monoisotopic (exact) mass is 231 g/mol. The highest BCUT2D eigenvalue weighted by molar-refractivity contribution is 5.89. The molecule has 0 atom stereocenters. The Hall–Kier alpha value is -1.36. The number of carbonyl (C=O) groups excluding carboxylic acids is 2. The molecule has 0 unspecified atom stereocenters. The van der Waals surface area contributed by atoms with Crippen LogP contribution >= 0.6 is 0 Å². The Morgan fingerprint density at radius 2 is 1.56 bits per heavy atom. The first-order valence-corrected chi connectivity index (χ1v) is 5.32. The Morgan fingerprint density at radius 1 is 1.12 bits per heavy atom. The Balaban J connectivity index is 0. The summed E-state index contributed by atoms with van der Waals surface area (Å²) in [5, 5.41) is 9.61. The lowest BCUT2D eigenvalue weighted by atomic mass is 10.5. The van der Waals surface area contributed by atoms with Crippen molar-refractivity contribution < 1.29 is 24.3 Å². The second kappa shape index (κ2) is 11.7. The molecule has 94 valence electrons. The van der Waals surface area contributed by atoms with Crippen molar-refractivity contribution in [1.82, 2.24) is 0 Å². The summed E-state index contributed by atoms with van der Waals surface area (Å²) in [7, 11) is 1.15. The van der Waals surface area contributed by atoms with Crippen molar-refractivity contribution in [2.45, 2.75) is 20.8 Å². The van der Waals surface area contributed by atoms with E-state index in [1.165, 1.54) is 19.6 Å². The van der Waals surface area contributed by atoms with E-state index >= 15 is 0 Å². The molecular formula is C11H21NO4. The number of rotatable bonds is 5. The average Bonchev–Trinajstić information content (AvgIpc) is 2.29. The van der Waals surface area contributed by atoms with Gasteiger partial charge in [0.2, 0.25) is 0 Å². The highest BCUT2D eigenvalue weighted by Crippen LogP contribution is 1.74. The summed E-state index contributed by atoms with van der Waals surface area (Å²) in [5.41, 5.74) is 0. The lowest BCUT2D eigenvalue weighted by Gasteiger charge is -2.10. The van der Waals surface area contributed by atoms with E-state index in [-0.39, 0.29) is 0 Å². The number of carboxylic acid groups (broad SMARTS) is 1. The first-order valence-electron chi connectivity index (χ1n) is 5.32. The molecule has 1 N–H and O–H groups in total. The van der Waals surface area contributed by atoms with Gasteiger partial charge in [0.1, 0.15) is 0 Å². The minimum absolute atomic E-state index is 0.603. The van der Waals surface area contributed by atoms with Crippen LogP contribution in [0.15, 0.2) is 12.2 Å². The number of aliphatic carboxylic acids is 1. The van der Waals surface area contributed by atoms with Gasteiger partial charge in [0.25, 0.3) is 0 Å². The molecule has 5 nitrogen and oxygen atoms in total. The standard InChI is InChI=1S/C6H15N.C5H6O4/c1-4-7(5-2)6-3;1-9-5(8)3-2-4(6)7/h4-6H2,1-3H3;2-3H,1H3,(H,6,7)/b;3-2-. The number of carboxylic acids is 1. The van der Waals surface area contributed by atoms with E-state index in [4.69, 9.17) is 0 Å². The molecule has 0 saturated carbocycles. The van der Waals surface area contributed by atoms with E-state index in [2.05, 4.69) is 25.5 Å². The number of esters is 1. The fourth-order valence-corrected chi connectivity index (χ4v) is 0.954. The van der Waals surface area contributed by atoms with Gasteiger partial charge in [0.15, 0.2) is 0 Å². The van der Waals surface area contributed by atoms with Gasteiger partial charge in [-0.2, -0.15) is 0 Å². The molecule has 0 aromatic heterocycles. The van der Waals surface area contributed by atoms with Crippen LogP contribution in [0.25, 0.3) is 0 Å². The molecule has 0 radical (unpaired) electrons. The highest BCUT2D eigenvalue weighted by Gasteiger charge is 1.92. The number of methoxy groups -OCH3 is 1. The van der Waals surface area contributed by atoms with Crippen LogP contribution < -0.4 is 10.0 Å². The maximum atomic E-state index is 10.1. The van der Waals surface area contributed by atoms with E-state index in [1.807, 2.05) is 0 Å². The Morgan fingerprint density at radius 3 is 1.75 bits per heavy atom. The van der Waals surface area contributed by atoms with E-state index in [1.54, 1.807) is 4.90 Å². The molecule has 0 bridgehead atoms. The molecule has 0 amide bonds. The van der Waals surface area contributed by atoms with Gasteiger partial charge in [-0.05, 0) is 26.8 Å². The molecule has 16 heavy (non-hydrogen) atoms. The second-order valence-electron chi connectivity index (χ2n) is 2.99. The Labute approximate surface area is 96.7 Å². The van der Waals surface area contributed by atoms with Crippen molar-refractivity contribution in [2.24, 2.45) is 0 Å². The molecule has 0 aromatic rings. The lowest BCUT2D eigenvalue weighted by molar-refractivity contribution is -0.894. The topological polar surface area (TPSA) is 70.9 Å². The minimum Gasteiger partial charge on any atom is -0.545 e. The molecule has 0 saturated heterocycles. The summed E-state index contributed by atoms with van der Waals surface area (Å²) in [6, 6.07) is 0. The zero-order valence-electron chi connectivity index (χ0n) is 10.4. The van der Waals surface area contributed by atoms with Crippen LogP contribution in [0.2, 0.25) is 0 Å². The van der Waals surface area contributed by atoms with E-state index in [0.29, 0.717) is 6.08 Å². The smallest absolute Gasteiger partial charge is 0.330 e. The molecule has 0 rings (SSSR count). The van der Waals surface area contributed by atoms with Crippen LogP contribution in [0.4, 0.5) is 0 Å². The number of quaternary nitrogens is 1. The van der Waals surface area contributed by atoms with Crippen molar-refractivity contribution >= 4 is 11.9 Å². The largest absolute Gasteiger partial charge is 0.545 e. The van der Waals surface area contributed by atoms with Crippen molar-refractivity contribution in [2.75, 3.05) is 26.7 Å². The van der Waals surface area contributed by atoms with Gasteiger partial charge in [0.05, 0.1) is 32.7 Å². The zero-order valence-corrected chi connectivity index (χ0v) is 10.4. The molecule has 0 aliphatic carbocycles. The summed E-state index contributed by atoms with van der Waals surface area (Å²) in [6.45, 7) is 10.5. The maximum absolute atomic E-state index is 10.1. The van der Waals surface area contributed by atoms with Crippen LogP contribution in [0, 0.1) is 0 Å². The molecule has 0 aliphatic heterocycles. The lowest BCUT2D eigenvalue weighted by Crippen LogP contribution is -3.11. The third-order valence-electron chi connectivity index (χ3n) is 2.06. The second-order valence-corrected chi connectivity index (χ2v) is 2.99. The summed E-state index contributed by atoms with van der Waals surface area (Å²) in [6.07, 6.45) is 1.38. The quantitative estimate of drug-likeness (QED) is 0.457. The number of ether oxygens (including phenoxy) is 1. The van der Waals surface area contributed by atoms with Gasteiger partial charge in [-0.25, -0.2) is 4.79 Å². The van der Waals surface area contributed by atoms with Gasteiger partial charge in [0, 0.05) is 6.08 Å². The highest BCUT2D eigenvalue weighted by atomic mass is 16.5. The summed E-state index contributed by atoms with van der Waals surface area (Å²) in [4.78, 5) is 21.4. The number of hydrogen-bond donors (Lipinski definition) is 1. The van der Waals surface area contributed by atoms with E-state index in [9.17, 15) is 14.7 Å². The molecule has 0 aliphatic rings. The van der Waals surface area contributed by atoms with Crippen molar-refractivity contribution in [3.8, 4) is 0 Å². The molecule has 0 heterocycles. The molecule has 0 aromatic carbocycles. The summed E-state index contributed by atoms with van der Waals surface area (Å²) < 4.78 is 4.08. The van der Waals surface area contributed by atoms with Crippen LogP contribution in [0.5, 0.6) is 0 Å². The molecule has 0 fully saturated rings. The first kappa shape index (κ1) is 17.0. The van der Waals surface area contributed by atoms with Crippen LogP contribution in [-0.2, 0) is 14.3 Å². The predicted molar refractivity (Wildman–Crippen MR) is 58.7 cm³/mol. The predicted octanol–water partition coefficient (Wildman–Crippen LogP) is -1.60. The first-order chi connectivity index (χ1) is 7.51. The minimum atomic E-state index is -1.42. The van der Waals surface area contributed by atoms with Gasteiger partial charge in [-0.15, -0.1) is 0 Å². The van der Waals surface area contributed by atoms with Crippen molar-refractivity contribution in [1.29, 1.82) is 0 Å². The summed E-state index contributed by atoms with van der Waals surface area (Å²) >= 11 is 0. The molecule has 5 heteroatoms. The van der Waals surface area contributed by atoms with E-state index in [0.717, 1.165) is 13.2 Å². The van der Waals surface area contributed by atoms with Gasteiger partial charge >= 0.3 is 5.97 Å². The van der Waals surface area contributed by atoms with Crippen LogP contribution in [0.3, 0.4) is 0 Å². The number of carbonyl (C=O) groups is 2.